The van der Waals surface area contributed by atoms with E-state index in [9.17, 15) is 30.4 Å². The van der Waals surface area contributed by atoms with Gasteiger partial charge in [0.05, 0.1) is 18.3 Å². The van der Waals surface area contributed by atoms with E-state index in [0.717, 1.165) is 64.5 Å². The predicted molar refractivity (Wildman–Crippen MR) is 163 cm³/mol. The number of carbonyl (C=O) groups is 1. The van der Waals surface area contributed by atoms with E-state index in [1.807, 2.05) is 6.33 Å². The molecule has 4 heterocycles. The van der Waals surface area contributed by atoms with Crippen LogP contribution in [0.15, 0.2) is 24.5 Å². The minimum Gasteiger partial charge on any atom is -0.475 e. The first kappa shape index (κ1) is 36.2. The Labute approximate surface area is 267 Å². The number of aromatic nitrogens is 2. The van der Waals surface area contributed by atoms with Gasteiger partial charge < -0.3 is 14.6 Å². The summed E-state index contributed by atoms with van der Waals surface area (Å²) in [7, 11) is -3.22. The zero-order valence-electron chi connectivity index (χ0n) is 26.5. The molecule has 0 aliphatic carbocycles. The Hall–Kier alpha value is -2.62. The first-order valence-corrected chi connectivity index (χ1v) is 17.6. The first-order chi connectivity index (χ1) is 21.5. The standard InChI is InChI=1S/C29H43F2N5O2S.C2HF3O2/c1-21(2)34-13-9-29-28(19-34)32-20-36(29)26-6-10-33(11-7-26)12-8-27(23-16-24(30)18-25(31)17-23)22-4-14-35(15-5-22)39(3,37)38;3-2(4,5)1(6)7/h16-18,20-22,26-27H,4-15,19H2,1-3H3;(H,6,7)/t27-;/m1./s1. The van der Waals surface area contributed by atoms with Crippen molar-refractivity contribution in [3.63, 3.8) is 0 Å². The van der Waals surface area contributed by atoms with E-state index in [2.05, 4.69) is 28.2 Å². The van der Waals surface area contributed by atoms with Crippen LogP contribution in [0.1, 0.15) is 74.9 Å². The molecule has 1 aromatic heterocycles. The van der Waals surface area contributed by atoms with Crippen LogP contribution in [-0.4, -0.2) is 101 Å². The van der Waals surface area contributed by atoms with Crippen molar-refractivity contribution < 1.29 is 40.3 Å². The van der Waals surface area contributed by atoms with Crippen LogP contribution in [-0.2, 0) is 27.8 Å². The molecule has 0 amide bonds. The number of carboxylic acid groups (broad SMARTS) is 1. The Morgan fingerprint density at radius 3 is 2.11 bits per heavy atom. The van der Waals surface area contributed by atoms with Crippen molar-refractivity contribution in [1.82, 2.24) is 23.7 Å². The average molecular weight is 678 g/mol. The third-order valence-electron chi connectivity index (χ3n) is 9.50. The molecule has 0 unspecified atom stereocenters. The number of carboxylic acids is 1. The summed E-state index contributed by atoms with van der Waals surface area (Å²) < 4.78 is 88.0. The zero-order valence-corrected chi connectivity index (χ0v) is 27.3. The summed E-state index contributed by atoms with van der Waals surface area (Å²) >= 11 is 0. The van der Waals surface area contributed by atoms with Crippen LogP contribution in [0.4, 0.5) is 22.0 Å². The highest BCUT2D eigenvalue weighted by atomic mass is 32.2. The third kappa shape index (κ3) is 9.48. The molecular formula is C31H44F5N5O4S. The van der Waals surface area contributed by atoms with Gasteiger partial charge in [0.15, 0.2) is 0 Å². The first-order valence-electron chi connectivity index (χ1n) is 15.7. The largest absolute Gasteiger partial charge is 0.490 e. The number of hydrogen-bond acceptors (Lipinski definition) is 6. The van der Waals surface area contributed by atoms with Crippen molar-refractivity contribution in [2.24, 2.45) is 5.92 Å². The molecule has 0 radical (unpaired) electrons. The van der Waals surface area contributed by atoms with Crippen LogP contribution in [0.5, 0.6) is 0 Å². The average Bonchev–Trinajstić information content (AvgIpc) is 3.40. The molecule has 3 aliphatic rings. The van der Waals surface area contributed by atoms with Gasteiger partial charge in [-0.1, -0.05) is 0 Å². The highest BCUT2D eigenvalue weighted by molar-refractivity contribution is 7.88. The summed E-state index contributed by atoms with van der Waals surface area (Å²) in [5.41, 5.74) is 3.32. The lowest BCUT2D eigenvalue weighted by Gasteiger charge is -2.38. The fourth-order valence-corrected chi connectivity index (χ4v) is 7.80. The maximum atomic E-state index is 14.2. The predicted octanol–water partition coefficient (Wildman–Crippen LogP) is 5.04. The van der Waals surface area contributed by atoms with Gasteiger partial charge in [-0.15, -0.1) is 0 Å². The molecule has 2 saturated heterocycles. The molecule has 3 aliphatic heterocycles. The van der Waals surface area contributed by atoms with E-state index in [-0.39, 0.29) is 11.8 Å². The summed E-state index contributed by atoms with van der Waals surface area (Å²) in [6.45, 7) is 10.3. The van der Waals surface area contributed by atoms with E-state index in [0.29, 0.717) is 43.6 Å². The Morgan fingerprint density at radius 1 is 1.00 bits per heavy atom. The molecule has 5 rings (SSSR count). The van der Waals surface area contributed by atoms with Crippen LogP contribution in [0, 0.1) is 17.6 Å². The highest BCUT2D eigenvalue weighted by Crippen LogP contribution is 2.37. The molecule has 0 spiro atoms. The topological polar surface area (TPSA) is 99.0 Å². The second kappa shape index (κ2) is 15.1. The number of hydrogen-bond donors (Lipinski definition) is 1. The number of likely N-dealkylation sites (tertiary alicyclic amines) is 1. The lowest BCUT2D eigenvalue weighted by molar-refractivity contribution is -0.192. The summed E-state index contributed by atoms with van der Waals surface area (Å²) in [6.07, 6.45) is 3.63. The number of fused-ring (bicyclic) bond motifs is 1. The molecule has 1 aromatic carbocycles. The van der Waals surface area contributed by atoms with Gasteiger partial charge in [0.2, 0.25) is 10.0 Å². The Morgan fingerprint density at radius 2 is 1.59 bits per heavy atom. The number of piperidine rings is 2. The molecule has 1 atom stereocenters. The van der Waals surface area contributed by atoms with E-state index in [1.165, 1.54) is 34.1 Å². The molecule has 9 nitrogen and oxygen atoms in total. The molecule has 1 N–H and O–H groups in total. The molecule has 2 fully saturated rings. The van der Waals surface area contributed by atoms with Crippen molar-refractivity contribution in [3.8, 4) is 0 Å². The minimum atomic E-state index is -5.08. The molecule has 15 heteroatoms. The second-order valence-electron chi connectivity index (χ2n) is 12.8. The van der Waals surface area contributed by atoms with Crippen LogP contribution >= 0.6 is 0 Å². The molecular weight excluding hydrogens is 633 g/mol. The van der Waals surface area contributed by atoms with Gasteiger partial charge in [0, 0.05) is 69.5 Å². The minimum absolute atomic E-state index is 0.000736. The number of alkyl halides is 3. The monoisotopic (exact) mass is 677 g/mol. The fourth-order valence-electron chi connectivity index (χ4n) is 6.92. The smallest absolute Gasteiger partial charge is 0.475 e. The molecule has 2 aromatic rings. The zero-order chi connectivity index (χ0) is 33.8. The summed E-state index contributed by atoms with van der Waals surface area (Å²) in [4.78, 5) is 18.6. The maximum absolute atomic E-state index is 14.2. The van der Waals surface area contributed by atoms with E-state index in [4.69, 9.17) is 14.9 Å². The number of rotatable bonds is 8. The number of benzene rings is 1. The van der Waals surface area contributed by atoms with Gasteiger partial charge in [-0.05, 0) is 82.0 Å². The van der Waals surface area contributed by atoms with Crippen molar-refractivity contribution in [3.05, 3.63) is 53.1 Å². The maximum Gasteiger partial charge on any atom is 0.490 e. The number of imidazole rings is 1. The summed E-state index contributed by atoms with van der Waals surface area (Å²) in [5, 5.41) is 7.12. The van der Waals surface area contributed by atoms with Crippen LogP contribution in [0.3, 0.4) is 0 Å². The van der Waals surface area contributed by atoms with Gasteiger partial charge in [-0.25, -0.2) is 31.3 Å². The molecule has 0 bridgehead atoms. The Bertz CT molecular complexity index is 1410. The van der Waals surface area contributed by atoms with Crippen molar-refractivity contribution in [1.29, 1.82) is 0 Å². The van der Waals surface area contributed by atoms with Gasteiger partial charge in [0.25, 0.3) is 0 Å². The number of aliphatic carboxylic acids is 1. The van der Waals surface area contributed by atoms with Gasteiger partial charge in [0.1, 0.15) is 11.6 Å². The fraction of sp³-hybridized carbons (Fsp3) is 0.677. The van der Waals surface area contributed by atoms with Crippen LogP contribution in [0.2, 0.25) is 0 Å². The van der Waals surface area contributed by atoms with E-state index >= 15 is 0 Å². The van der Waals surface area contributed by atoms with Gasteiger partial charge in [-0.3, -0.25) is 4.90 Å². The molecule has 46 heavy (non-hydrogen) atoms. The van der Waals surface area contributed by atoms with Crippen molar-refractivity contribution in [2.45, 2.75) is 83.1 Å². The second-order valence-corrected chi connectivity index (χ2v) is 14.8. The van der Waals surface area contributed by atoms with Crippen molar-refractivity contribution >= 4 is 16.0 Å². The lowest BCUT2D eigenvalue weighted by atomic mass is 9.78. The molecule has 0 saturated carbocycles. The SMILES string of the molecule is CC(C)N1CCc2c(ncn2C2CCN(CC[C@@H](c3cc(F)cc(F)c3)C3CCN(S(C)(=O)=O)CC3)CC2)C1.O=C(O)C(F)(F)F. The van der Waals surface area contributed by atoms with Crippen molar-refractivity contribution in [2.75, 3.05) is 45.5 Å². The van der Waals surface area contributed by atoms with E-state index in [1.54, 1.807) is 0 Å². The van der Waals surface area contributed by atoms with Gasteiger partial charge >= 0.3 is 12.1 Å². The normalized spacial score (nSPS) is 20.3. The Balaban J connectivity index is 0.000000617. The van der Waals surface area contributed by atoms with Gasteiger partial charge in [-0.2, -0.15) is 13.2 Å². The number of sulfonamides is 1. The highest BCUT2D eigenvalue weighted by Gasteiger charge is 2.38. The quantitative estimate of drug-likeness (QED) is 0.391. The lowest BCUT2D eigenvalue weighted by Crippen LogP contribution is -2.40. The van der Waals surface area contributed by atoms with E-state index < -0.39 is 33.8 Å². The van der Waals surface area contributed by atoms with Crippen LogP contribution in [0.25, 0.3) is 0 Å². The molecule has 258 valence electrons. The third-order valence-corrected chi connectivity index (χ3v) is 10.8. The summed E-state index contributed by atoms with van der Waals surface area (Å²) in [5.74, 6) is -3.66. The number of halogens is 5. The number of nitrogens with zero attached hydrogens (tertiary/aromatic N) is 5. The Kier molecular flexibility index (Phi) is 11.9. The van der Waals surface area contributed by atoms with Crippen LogP contribution < -0.4 is 0 Å². The summed E-state index contributed by atoms with van der Waals surface area (Å²) in [6, 6.07) is 4.85.